The average Bonchev–Trinajstić information content (AvgIpc) is 2.87. The van der Waals surface area contributed by atoms with Crippen LogP contribution in [0.1, 0.15) is 12.8 Å². The summed E-state index contributed by atoms with van der Waals surface area (Å²) in [6.07, 6.45) is 2.54. The largest absolute Gasteiger partial charge is 0.492 e. The van der Waals surface area contributed by atoms with Gasteiger partial charge >= 0.3 is 0 Å². The van der Waals surface area contributed by atoms with Crippen LogP contribution in [-0.2, 0) is 7.05 Å². The molecule has 118 valence electrons. The highest BCUT2D eigenvalue weighted by molar-refractivity contribution is 7.99. The van der Waals surface area contributed by atoms with Crippen LogP contribution in [0, 0.1) is 0 Å². The number of hydrogen-bond acceptors (Lipinski definition) is 5. The summed E-state index contributed by atoms with van der Waals surface area (Å²) in [5.41, 5.74) is 7.57. The van der Waals surface area contributed by atoms with E-state index in [9.17, 15) is 0 Å². The number of nitrogen functional groups attached to an aromatic ring is 1. The van der Waals surface area contributed by atoms with E-state index in [2.05, 4.69) is 5.10 Å². The van der Waals surface area contributed by atoms with Crippen molar-refractivity contribution in [2.24, 2.45) is 7.05 Å². The monoisotopic (exact) mass is 319 g/mol. The third-order valence-corrected chi connectivity index (χ3v) is 4.97. The smallest absolute Gasteiger partial charge is 0.170 e. The average molecular weight is 319 g/mol. The quantitative estimate of drug-likeness (QED) is 0.939. The number of aromatic nitrogens is 2. The van der Waals surface area contributed by atoms with Crippen molar-refractivity contribution < 1.29 is 9.47 Å². The molecule has 1 aromatic heterocycles. The van der Waals surface area contributed by atoms with Crippen LogP contribution in [0.5, 0.6) is 11.5 Å². The van der Waals surface area contributed by atoms with E-state index >= 15 is 0 Å². The van der Waals surface area contributed by atoms with Gasteiger partial charge in [0.15, 0.2) is 11.5 Å². The van der Waals surface area contributed by atoms with Crippen molar-refractivity contribution in [3.63, 3.8) is 0 Å². The van der Waals surface area contributed by atoms with E-state index in [0.29, 0.717) is 5.82 Å². The van der Waals surface area contributed by atoms with Gasteiger partial charge in [-0.1, -0.05) is 6.07 Å². The van der Waals surface area contributed by atoms with Crippen molar-refractivity contribution >= 4 is 17.6 Å². The third-order valence-electron chi connectivity index (χ3n) is 3.79. The number of rotatable bonds is 4. The molecule has 2 aromatic rings. The summed E-state index contributed by atoms with van der Waals surface area (Å²) >= 11 is 1.94. The molecule has 5 nitrogen and oxygen atoms in total. The lowest BCUT2D eigenvalue weighted by Crippen LogP contribution is -2.23. The van der Waals surface area contributed by atoms with E-state index in [1.807, 2.05) is 43.1 Å². The maximum absolute atomic E-state index is 6.16. The van der Waals surface area contributed by atoms with Gasteiger partial charge in [0.25, 0.3) is 0 Å². The molecule has 0 radical (unpaired) electrons. The number of methoxy groups -OCH3 is 1. The Morgan fingerprint density at radius 2 is 2.27 bits per heavy atom. The molecule has 22 heavy (non-hydrogen) atoms. The van der Waals surface area contributed by atoms with Crippen molar-refractivity contribution in [2.45, 2.75) is 18.9 Å². The third kappa shape index (κ3) is 3.02. The number of ether oxygens (including phenoxy) is 2. The number of thioether (sulfide) groups is 1. The summed E-state index contributed by atoms with van der Waals surface area (Å²) in [6, 6.07) is 7.74. The van der Waals surface area contributed by atoms with Gasteiger partial charge in [-0.15, -0.1) is 0 Å². The van der Waals surface area contributed by atoms with E-state index in [1.165, 1.54) is 12.2 Å². The molecule has 0 spiro atoms. The van der Waals surface area contributed by atoms with Gasteiger partial charge in [-0.05, 0) is 30.7 Å². The van der Waals surface area contributed by atoms with Crippen molar-refractivity contribution in [1.82, 2.24) is 9.78 Å². The lowest BCUT2D eigenvalue weighted by atomic mass is 10.1. The van der Waals surface area contributed by atoms with Gasteiger partial charge in [-0.3, -0.25) is 4.68 Å². The Morgan fingerprint density at radius 3 is 2.91 bits per heavy atom. The first-order valence-electron chi connectivity index (χ1n) is 7.40. The van der Waals surface area contributed by atoms with Gasteiger partial charge in [0.1, 0.15) is 11.9 Å². The Labute approximate surface area is 134 Å². The highest BCUT2D eigenvalue weighted by atomic mass is 32.2. The molecule has 1 aliphatic rings. The normalized spacial score (nSPS) is 18.2. The minimum Gasteiger partial charge on any atom is -0.492 e. The number of anilines is 1. The lowest BCUT2D eigenvalue weighted by Gasteiger charge is -2.24. The number of aryl methyl sites for hydroxylation is 1. The summed E-state index contributed by atoms with van der Waals surface area (Å²) in [5, 5.41) is 4.43. The number of nitrogens with two attached hydrogens (primary N) is 1. The SMILES string of the molecule is COc1c(OC2CCCSC2)cccc1-c1cc(N)n(C)n1. The number of para-hydroxylation sites is 1. The number of benzene rings is 1. The summed E-state index contributed by atoms with van der Waals surface area (Å²) in [7, 11) is 3.48. The summed E-state index contributed by atoms with van der Waals surface area (Å²) in [5.74, 6) is 4.37. The van der Waals surface area contributed by atoms with Crippen LogP contribution in [0.4, 0.5) is 5.82 Å². The van der Waals surface area contributed by atoms with Crippen LogP contribution in [0.25, 0.3) is 11.3 Å². The molecular weight excluding hydrogens is 298 g/mol. The van der Waals surface area contributed by atoms with E-state index < -0.39 is 0 Å². The second-order valence-electron chi connectivity index (χ2n) is 5.37. The molecule has 1 aliphatic heterocycles. The first kappa shape index (κ1) is 15.1. The van der Waals surface area contributed by atoms with Crippen LogP contribution >= 0.6 is 11.8 Å². The summed E-state index contributed by atoms with van der Waals surface area (Å²) in [6.45, 7) is 0. The fraction of sp³-hybridized carbons (Fsp3) is 0.438. The Hall–Kier alpha value is -1.82. The molecule has 6 heteroatoms. The highest BCUT2D eigenvalue weighted by Crippen LogP contribution is 2.39. The minimum atomic E-state index is 0.247. The van der Waals surface area contributed by atoms with E-state index in [1.54, 1.807) is 11.8 Å². The maximum Gasteiger partial charge on any atom is 0.170 e. The zero-order chi connectivity index (χ0) is 15.5. The predicted molar refractivity (Wildman–Crippen MR) is 90.6 cm³/mol. The lowest BCUT2D eigenvalue weighted by molar-refractivity contribution is 0.202. The van der Waals surface area contributed by atoms with Crippen LogP contribution in [0.2, 0.25) is 0 Å². The molecule has 1 saturated heterocycles. The Balaban J connectivity index is 1.92. The Bertz CT molecular complexity index is 631. The molecule has 1 unspecified atom stereocenters. The molecule has 0 aliphatic carbocycles. The summed E-state index contributed by atoms with van der Waals surface area (Å²) in [4.78, 5) is 0. The van der Waals surface area contributed by atoms with Crippen molar-refractivity contribution in [3.8, 4) is 22.8 Å². The number of nitrogens with zero attached hydrogens (tertiary/aromatic N) is 2. The van der Waals surface area contributed by atoms with Crippen molar-refractivity contribution in [1.29, 1.82) is 0 Å². The van der Waals surface area contributed by atoms with Crippen molar-refractivity contribution in [3.05, 3.63) is 24.3 Å². The molecule has 0 amide bonds. The van der Waals surface area contributed by atoms with Crippen LogP contribution in [-0.4, -0.2) is 34.5 Å². The van der Waals surface area contributed by atoms with E-state index in [-0.39, 0.29) is 6.10 Å². The first-order chi connectivity index (χ1) is 10.7. The molecule has 0 saturated carbocycles. The van der Waals surface area contributed by atoms with Crippen molar-refractivity contribution in [2.75, 3.05) is 24.3 Å². The zero-order valence-corrected chi connectivity index (χ0v) is 13.7. The van der Waals surface area contributed by atoms with Crippen LogP contribution in [0.3, 0.4) is 0 Å². The van der Waals surface area contributed by atoms with E-state index in [4.69, 9.17) is 15.2 Å². The van der Waals surface area contributed by atoms with Crippen LogP contribution in [0.15, 0.2) is 24.3 Å². The second kappa shape index (κ2) is 6.52. The molecule has 0 bridgehead atoms. The topological polar surface area (TPSA) is 62.3 Å². The van der Waals surface area contributed by atoms with Crippen LogP contribution < -0.4 is 15.2 Å². The molecule has 3 rings (SSSR count). The molecule has 2 N–H and O–H groups in total. The fourth-order valence-electron chi connectivity index (χ4n) is 2.62. The van der Waals surface area contributed by atoms with Gasteiger partial charge < -0.3 is 15.2 Å². The molecular formula is C16H21N3O2S. The van der Waals surface area contributed by atoms with Gasteiger partial charge in [-0.2, -0.15) is 16.9 Å². The molecule has 1 atom stereocenters. The molecule has 2 heterocycles. The Kier molecular flexibility index (Phi) is 4.47. The van der Waals surface area contributed by atoms with Gasteiger partial charge in [0, 0.05) is 24.4 Å². The van der Waals surface area contributed by atoms with E-state index in [0.717, 1.165) is 34.9 Å². The van der Waals surface area contributed by atoms with Gasteiger partial charge in [0.05, 0.1) is 12.8 Å². The zero-order valence-electron chi connectivity index (χ0n) is 12.9. The highest BCUT2D eigenvalue weighted by Gasteiger charge is 2.20. The molecule has 1 fully saturated rings. The first-order valence-corrected chi connectivity index (χ1v) is 8.56. The fourth-order valence-corrected chi connectivity index (χ4v) is 3.65. The predicted octanol–water partition coefficient (Wildman–Crippen LogP) is 2.95. The molecule has 1 aromatic carbocycles. The standard InChI is InChI=1S/C16H21N3O2S/c1-19-15(17)9-13(18-19)12-6-3-7-14(16(12)20-2)21-11-5-4-8-22-10-11/h3,6-7,9,11H,4-5,8,10,17H2,1-2H3. The second-order valence-corrected chi connectivity index (χ2v) is 6.52. The van der Waals surface area contributed by atoms with Gasteiger partial charge in [0.2, 0.25) is 0 Å². The maximum atomic E-state index is 6.16. The summed E-state index contributed by atoms with van der Waals surface area (Å²) < 4.78 is 13.4. The van der Waals surface area contributed by atoms with Gasteiger partial charge in [-0.25, -0.2) is 0 Å². The number of hydrogen-bond donors (Lipinski definition) is 1. The minimum absolute atomic E-state index is 0.247. The Morgan fingerprint density at radius 1 is 1.41 bits per heavy atom.